The minimum atomic E-state index is -0.427. The highest BCUT2D eigenvalue weighted by atomic mass is 16.5. The van der Waals surface area contributed by atoms with Gasteiger partial charge in [-0.1, -0.05) is 0 Å². The third-order valence-corrected chi connectivity index (χ3v) is 2.97. The van der Waals surface area contributed by atoms with Crippen molar-refractivity contribution in [3.8, 4) is 17.2 Å². The Kier molecular flexibility index (Phi) is 4.82. The molecule has 0 fully saturated rings. The Bertz CT molecular complexity index is 643. The van der Waals surface area contributed by atoms with Crippen molar-refractivity contribution in [2.45, 2.75) is 6.42 Å². The van der Waals surface area contributed by atoms with Crippen LogP contribution in [0.5, 0.6) is 17.2 Å². The van der Waals surface area contributed by atoms with E-state index in [1.165, 1.54) is 28.4 Å². The van der Waals surface area contributed by atoms with Crippen LogP contribution < -0.4 is 19.5 Å². The normalized spacial score (nSPS) is 10.2. The first-order valence-corrected chi connectivity index (χ1v) is 6.46. The Labute approximate surface area is 127 Å². The Morgan fingerprint density at radius 1 is 1.14 bits per heavy atom. The van der Waals surface area contributed by atoms with Crippen molar-refractivity contribution in [2.75, 3.05) is 28.4 Å². The van der Waals surface area contributed by atoms with E-state index in [1.807, 2.05) is 0 Å². The lowest BCUT2D eigenvalue weighted by atomic mass is 10.1. The molecule has 1 heterocycles. The number of nitrogens with zero attached hydrogens (tertiary/aromatic N) is 2. The Balaban J connectivity index is 2.29. The van der Waals surface area contributed by atoms with Crippen LogP contribution in [0, 0.1) is 0 Å². The molecule has 0 aliphatic heterocycles. The number of rotatable bonds is 6. The molecule has 2 aromatic rings. The lowest BCUT2D eigenvalue weighted by Gasteiger charge is -2.13. The first kappa shape index (κ1) is 15.6. The lowest BCUT2D eigenvalue weighted by Crippen LogP contribution is -2.17. The highest BCUT2D eigenvalue weighted by molar-refractivity contribution is 5.89. The zero-order valence-corrected chi connectivity index (χ0v) is 12.8. The van der Waals surface area contributed by atoms with E-state index in [1.54, 1.807) is 12.1 Å². The number of carbonyl (C=O) groups is 1. The summed E-state index contributed by atoms with van der Waals surface area (Å²) in [5.74, 6) is 1.37. The number of ether oxygens (including phenoxy) is 3. The molecule has 0 atom stereocenters. The number of hydrogen-bond acceptors (Lipinski definition) is 7. The van der Waals surface area contributed by atoms with Crippen LogP contribution in [-0.2, 0) is 6.42 Å². The van der Waals surface area contributed by atoms with Crippen LogP contribution in [-0.4, -0.2) is 44.5 Å². The quantitative estimate of drug-likeness (QED) is 0.852. The number of methoxy groups -OCH3 is 3. The van der Waals surface area contributed by atoms with Gasteiger partial charge in [0.2, 0.25) is 11.6 Å². The molecule has 0 aliphatic rings. The van der Waals surface area contributed by atoms with Crippen LogP contribution in [0.2, 0.25) is 0 Å². The van der Waals surface area contributed by atoms with E-state index in [-0.39, 0.29) is 5.89 Å². The van der Waals surface area contributed by atoms with Crippen molar-refractivity contribution in [1.82, 2.24) is 15.5 Å². The SMILES string of the molecule is CNC(=O)c1nnc(Cc2cc(OC)c(OC)c(OC)c2)o1. The second-order valence-electron chi connectivity index (χ2n) is 4.29. The van der Waals surface area contributed by atoms with Crippen molar-refractivity contribution in [3.63, 3.8) is 0 Å². The molecule has 0 saturated heterocycles. The number of amides is 1. The molecule has 8 heteroatoms. The predicted octanol–water partition coefficient (Wildman–Crippen LogP) is 1.05. The predicted molar refractivity (Wildman–Crippen MR) is 76.6 cm³/mol. The summed E-state index contributed by atoms with van der Waals surface area (Å²) in [6.07, 6.45) is 0.334. The molecule has 0 radical (unpaired) electrons. The van der Waals surface area contributed by atoms with Crippen LogP contribution in [0.15, 0.2) is 16.5 Å². The van der Waals surface area contributed by atoms with Gasteiger partial charge in [-0.05, 0) is 17.7 Å². The molecule has 0 spiro atoms. The third kappa shape index (κ3) is 3.11. The molecule has 0 saturated carbocycles. The van der Waals surface area contributed by atoms with Crippen molar-refractivity contribution in [1.29, 1.82) is 0 Å². The lowest BCUT2D eigenvalue weighted by molar-refractivity contribution is 0.0927. The highest BCUT2D eigenvalue weighted by Gasteiger charge is 2.17. The number of hydrogen-bond donors (Lipinski definition) is 1. The van der Waals surface area contributed by atoms with Crippen molar-refractivity contribution < 1.29 is 23.4 Å². The van der Waals surface area contributed by atoms with E-state index in [4.69, 9.17) is 18.6 Å². The molecular weight excluding hydrogens is 290 g/mol. The van der Waals surface area contributed by atoms with Gasteiger partial charge >= 0.3 is 11.8 Å². The fourth-order valence-corrected chi connectivity index (χ4v) is 1.94. The molecule has 118 valence electrons. The average Bonchev–Trinajstić information content (AvgIpc) is 3.01. The number of benzene rings is 1. The highest BCUT2D eigenvalue weighted by Crippen LogP contribution is 2.38. The largest absolute Gasteiger partial charge is 0.493 e. The zero-order valence-electron chi connectivity index (χ0n) is 12.8. The van der Waals surface area contributed by atoms with E-state index in [9.17, 15) is 4.79 Å². The average molecular weight is 307 g/mol. The maximum Gasteiger partial charge on any atom is 0.308 e. The van der Waals surface area contributed by atoms with E-state index < -0.39 is 5.91 Å². The van der Waals surface area contributed by atoms with Crippen LogP contribution in [0.25, 0.3) is 0 Å². The topological polar surface area (TPSA) is 95.7 Å². The van der Waals surface area contributed by atoms with Gasteiger partial charge in [-0.15, -0.1) is 10.2 Å². The van der Waals surface area contributed by atoms with Crippen LogP contribution in [0.4, 0.5) is 0 Å². The van der Waals surface area contributed by atoms with Gasteiger partial charge in [-0.2, -0.15) is 0 Å². The Hall–Kier alpha value is -2.77. The van der Waals surface area contributed by atoms with Crippen molar-refractivity contribution >= 4 is 5.91 Å². The van der Waals surface area contributed by atoms with E-state index >= 15 is 0 Å². The molecule has 22 heavy (non-hydrogen) atoms. The maximum atomic E-state index is 11.4. The molecule has 2 rings (SSSR count). The summed E-state index contributed by atoms with van der Waals surface area (Å²) in [4.78, 5) is 11.4. The van der Waals surface area contributed by atoms with Gasteiger partial charge in [-0.3, -0.25) is 4.79 Å². The van der Waals surface area contributed by atoms with Gasteiger partial charge in [0.15, 0.2) is 11.5 Å². The standard InChI is InChI=1S/C14H17N3O5/c1-15-13(18)14-17-16-11(22-14)7-8-5-9(19-2)12(21-4)10(6-8)20-3/h5-6H,7H2,1-4H3,(H,15,18). The van der Waals surface area contributed by atoms with Gasteiger partial charge in [0.05, 0.1) is 27.8 Å². The van der Waals surface area contributed by atoms with Gasteiger partial charge in [-0.25, -0.2) is 0 Å². The fraction of sp³-hybridized carbons (Fsp3) is 0.357. The van der Waals surface area contributed by atoms with Crippen molar-refractivity contribution in [3.05, 3.63) is 29.5 Å². The Morgan fingerprint density at radius 2 is 1.77 bits per heavy atom. The first-order chi connectivity index (χ1) is 10.6. The minimum absolute atomic E-state index is 0.0788. The first-order valence-electron chi connectivity index (χ1n) is 6.46. The molecule has 1 amide bonds. The molecule has 1 aromatic heterocycles. The summed E-state index contributed by atoms with van der Waals surface area (Å²) in [7, 11) is 6.11. The summed E-state index contributed by atoms with van der Waals surface area (Å²) in [5.41, 5.74) is 0.821. The van der Waals surface area contributed by atoms with E-state index in [0.717, 1.165) is 5.56 Å². The molecule has 0 bridgehead atoms. The monoisotopic (exact) mass is 307 g/mol. The summed E-state index contributed by atoms with van der Waals surface area (Å²) in [6.45, 7) is 0. The van der Waals surface area contributed by atoms with Crippen LogP contribution >= 0.6 is 0 Å². The number of carbonyl (C=O) groups excluding carboxylic acids is 1. The molecule has 0 aliphatic carbocycles. The van der Waals surface area contributed by atoms with E-state index in [2.05, 4.69) is 15.5 Å². The minimum Gasteiger partial charge on any atom is -0.493 e. The van der Waals surface area contributed by atoms with Gasteiger partial charge in [0, 0.05) is 7.05 Å². The molecule has 1 N–H and O–H groups in total. The maximum absolute atomic E-state index is 11.4. The van der Waals surface area contributed by atoms with E-state index in [0.29, 0.717) is 29.6 Å². The van der Waals surface area contributed by atoms with Gasteiger partial charge < -0.3 is 23.9 Å². The second kappa shape index (κ2) is 6.79. The van der Waals surface area contributed by atoms with Gasteiger partial charge in [0.25, 0.3) is 0 Å². The van der Waals surface area contributed by atoms with Crippen LogP contribution in [0.3, 0.4) is 0 Å². The van der Waals surface area contributed by atoms with Crippen LogP contribution in [0.1, 0.15) is 22.1 Å². The summed E-state index contributed by atoms with van der Waals surface area (Å²) < 4.78 is 21.1. The smallest absolute Gasteiger partial charge is 0.308 e. The second-order valence-corrected chi connectivity index (χ2v) is 4.29. The number of nitrogens with one attached hydrogen (secondary N) is 1. The van der Waals surface area contributed by atoms with Crippen molar-refractivity contribution in [2.24, 2.45) is 0 Å². The zero-order chi connectivity index (χ0) is 16.1. The summed E-state index contributed by atoms with van der Waals surface area (Å²) >= 11 is 0. The molecular formula is C14H17N3O5. The molecule has 1 aromatic carbocycles. The fourth-order valence-electron chi connectivity index (χ4n) is 1.94. The third-order valence-electron chi connectivity index (χ3n) is 2.97. The summed E-state index contributed by atoms with van der Waals surface area (Å²) in [5, 5.41) is 9.95. The number of aromatic nitrogens is 2. The molecule has 8 nitrogen and oxygen atoms in total. The summed E-state index contributed by atoms with van der Waals surface area (Å²) in [6, 6.07) is 3.57. The van der Waals surface area contributed by atoms with Gasteiger partial charge in [0.1, 0.15) is 0 Å². The Morgan fingerprint density at radius 3 is 2.27 bits per heavy atom. The molecule has 0 unspecified atom stereocenters.